The number of hydrogen-bond acceptors (Lipinski definition) is 3. The predicted octanol–water partition coefficient (Wildman–Crippen LogP) is 2.55. The average Bonchev–Trinajstić information content (AvgIpc) is 2.49. The van der Waals surface area contributed by atoms with Gasteiger partial charge in [-0.25, -0.2) is 4.39 Å². The first-order valence-electron chi connectivity index (χ1n) is 6.08. The highest BCUT2D eigenvalue weighted by atomic mass is 19.1. The van der Waals surface area contributed by atoms with Gasteiger partial charge in [0.15, 0.2) is 0 Å². The van der Waals surface area contributed by atoms with Crippen LogP contribution in [0, 0.1) is 5.82 Å². The van der Waals surface area contributed by atoms with Crippen LogP contribution in [0.2, 0.25) is 0 Å². The van der Waals surface area contributed by atoms with Crippen molar-refractivity contribution < 1.29 is 13.9 Å². The zero-order valence-corrected chi connectivity index (χ0v) is 11.0. The number of nitrogens with one attached hydrogen (secondary N) is 1. The summed E-state index contributed by atoms with van der Waals surface area (Å²) >= 11 is 0. The number of hydrogen-bond donors (Lipinski definition) is 2. The predicted molar refractivity (Wildman–Crippen MR) is 75.2 cm³/mol. The lowest BCUT2D eigenvalue weighted by Gasteiger charge is -2.08. The molecule has 2 aromatic rings. The monoisotopic (exact) mass is 274 g/mol. The summed E-state index contributed by atoms with van der Waals surface area (Å²) in [6.07, 6.45) is 0. The van der Waals surface area contributed by atoms with Crippen molar-refractivity contribution in [1.29, 1.82) is 0 Å². The second kappa shape index (κ2) is 6.16. The summed E-state index contributed by atoms with van der Waals surface area (Å²) in [4.78, 5) is 12.0. The van der Waals surface area contributed by atoms with Gasteiger partial charge >= 0.3 is 0 Å². The third-order valence-electron chi connectivity index (χ3n) is 2.85. The van der Waals surface area contributed by atoms with E-state index in [4.69, 9.17) is 10.5 Å². The standard InChI is InChI=1S/C15H15FN2O2/c1-20-12-4-2-3-11(8-12)15(19)18-14-6-5-10(9-17)7-13(14)16/h2-8H,9,17H2,1H3,(H,18,19). The second-order valence-electron chi connectivity index (χ2n) is 4.20. The van der Waals surface area contributed by atoms with Gasteiger partial charge in [-0.2, -0.15) is 0 Å². The highest BCUT2D eigenvalue weighted by Gasteiger charge is 2.10. The summed E-state index contributed by atoms with van der Waals surface area (Å²) in [6, 6.07) is 11.1. The number of nitrogens with two attached hydrogens (primary N) is 1. The molecular weight excluding hydrogens is 259 g/mol. The molecule has 0 aliphatic carbocycles. The molecule has 0 saturated heterocycles. The number of anilines is 1. The molecular formula is C15H15FN2O2. The van der Waals surface area contributed by atoms with E-state index in [9.17, 15) is 9.18 Å². The maximum absolute atomic E-state index is 13.8. The molecule has 0 radical (unpaired) electrons. The number of halogens is 1. The Bertz CT molecular complexity index is 629. The van der Waals surface area contributed by atoms with Crippen molar-refractivity contribution in [3.8, 4) is 5.75 Å². The molecule has 0 bridgehead atoms. The molecule has 4 nitrogen and oxygen atoms in total. The van der Waals surface area contributed by atoms with Gasteiger partial charge in [-0.15, -0.1) is 0 Å². The third kappa shape index (κ3) is 3.13. The number of ether oxygens (including phenoxy) is 1. The largest absolute Gasteiger partial charge is 0.497 e. The Hall–Kier alpha value is -2.40. The van der Waals surface area contributed by atoms with Crippen molar-refractivity contribution in [2.75, 3.05) is 12.4 Å². The van der Waals surface area contributed by atoms with Crippen LogP contribution in [-0.4, -0.2) is 13.0 Å². The molecule has 5 heteroatoms. The van der Waals surface area contributed by atoms with Gasteiger partial charge < -0.3 is 15.8 Å². The van der Waals surface area contributed by atoms with Gasteiger partial charge in [0.05, 0.1) is 12.8 Å². The van der Waals surface area contributed by atoms with Crippen molar-refractivity contribution in [1.82, 2.24) is 0 Å². The van der Waals surface area contributed by atoms with Crippen LogP contribution in [-0.2, 0) is 6.54 Å². The van der Waals surface area contributed by atoms with E-state index in [2.05, 4.69) is 5.32 Å². The maximum Gasteiger partial charge on any atom is 0.255 e. The van der Waals surface area contributed by atoms with Gasteiger partial charge in [0.2, 0.25) is 0 Å². The molecule has 2 aromatic carbocycles. The lowest BCUT2D eigenvalue weighted by atomic mass is 10.1. The van der Waals surface area contributed by atoms with Crippen LogP contribution in [0.25, 0.3) is 0 Å². The van der Waals surface area contributed by atoms with Crippen LogP contribution in [0.15, 0.2) is 42.5 Å². The zero-order valence-electron chi connectivity index (χ0n) is 11.0. The highest BCUT2D eigenvalue weighted by molar-refractivity contribution is 6.04. The number of amides is 1. The summed E-state index contributed by atoms with van der Waals surface area (Å²) < 4.78 is 18.8. The molecule has 0 saturated carbocycles. The first-order chi connectivity index (χ1) is 9.63. The van der Waals surface area contributed by atoms with Gasteiger partial charge in [0, 0.05) is 12.1 Å². The summed E-state index contributed by atoms with van der Waals surface area (Å²) in [7, 11) is 1.52. The molecule has 2 rings (SSSR count). The second-order valence-corrected chi connectivity index (χ2v) is 4.20. The van der Waals surface area contributed by atoms with Crippen molar-refractivity contribution in [3.63, 3.8) is 0 Å². The Kier molecular flexibility index (Phi) is 4.32. The fourth-order valence-corrected chi connectivity index (χ4v) is 1.75. The molecule has 0 unspecified atom stereocenters. The number of carbonyl (C=O) groups excluding carboxylic acids is 1. The lowest BCUT2D eigenvalue weighted by Crippen LogP contribution is -2.13. The van der Waals surface area contributed by atoms with E-state index in [0.29, 0.717) is 16.9 Å². The molecule has 0 spiro atoms. The highest BCUT2D eigenvalue weighted by Crippen LogP contribution is 2.18. The Morgan fingerprint density at radius 3 is 2.75 bits per heavy atom. The summed E-state index contributed by atoms with van der Waals surface area (Å²) in [5.74, 6) is -0.343. The number of methoxy groups -OCH3 is 1. The summed E-state index contributed by atoms with van der Waals surface area (Å²) in [5, 5.41) is 2.52. The van der Waals surface area contributed by atoms with E-state index in [1.165, 1.54) is 19.2 Å². The van der Waals surface area contributed by atoms with Gasteiger partial charge in [0.25, 0.3) is 5.91 Å². The average molecular weight is 274 g/mol. The van der Waals surface area contributed by atoms with Crippen LogP contribution >= 0.6 is 0 Å². The minimum Gasteiger partial charge on any atom is -0.497 e. The van der Waals surface area contributed by atoms with E-state index in [1.807, 2.05) is 0 Å². The molecule has 0 fully saturated rings. The van der Waals surface area contributed by atoms with E-state index in [-0.39, 0.29) is 12.2 Å². The number of benzene rings is 2. The maximum atomic E-state index is 13.8. The number of carbonyl (C=O) groups is 1. The minimum atomic E-state index is -0.510. The van der Waals surface area contributed by atoms with Crippen molar-refractivity contribution in [3.05, 3.63) is 59.4 Å². The van der Waals surface area contributed by atoms with E-state index >= 15 is 0 Å². The molecule has 3 N–H and O–H groups in total. The molecule has 0 aliphatic heterocycles. The smallest absolute Gasteiger partial charge is 0.255 e. The van der Waals surface area contributed by atoms with Crippen molar-refractivity contribution in [2.45, 2.75) is 6.54 Å². The van der Waals surface area contributed by atoms with Crippen LogP contribution < -0.4 is 15.8 Å². The fraction of sp³-hybridized carbons (Fsp3) is 0.133. The van der Waals surface area contributed by atoms with Gasteiger partial charge in [-0.1, -0.05) is 12.1 Å². The van der Waals surface area contributed by atoms with E-state index in [1.54, 1.807) is 30.3 Å². The quantitative estimate of drug-likeness (QED) is 0.900. The van der Waals surface area contributed by atoms with Gasteiger partial charge in [-0.05, 0) is 35.9 Å². The topological polar surface area (TPSA) is 64.3 Å². The fourth-order valence-electron chi connectivity index (χ4n) is 1.75. The molecule has 1 amide bonds. The van der Waals surface area contributed by atoms with Crippen molar-refractivity contribution >= 4 is 11.6 Å². The third-order valence-corrected chi connectivity index (χ3v) is 2.85. The Balaban J connectivity index is 2.18. The van der Waals surface area contributed by atoms with Gasteiger partial charge in [-0.3, -0.25) is 4.79 Å². The van der Waals surface area contributed by atoms with Gasteiger partial charge in [0.1, 0.15) is 11.6 Å². The SMILES string of the molecule is COc1cccc(C(=O)Nc2ccc(CN)cc2F)c1. The normalized spacial score (nSPS) is 10.2. The first kappa shape index (κ1) is 14.0. The molecule has 0 aliphatic rings. The molecule has 20 heavy (non-hydrogen) atoms. The minimum absolute atomic E-state index is 0.120. The van der Waals surface area contributed by atoms with Crippen molar-refractivity contribution in [2.24, 2.45) is 5.73 Å². The van der Waals surface area contributed by atoms with Crippen LogP contribution in [0.1, 0.15) is 15.9 Å². The van der Waals surface area contributed by atoms with E-state index < -0.39 is 11.7 Å². The summed E-state index contributed by atoms with van der Waals surface area (Å²) in [5.41, 5.74) is 6.61. The summed E-state index contributed by atoms with van der Waals surface area (Å²) in [6.45, 7) is 0.251. The molecule has 0 aromatic heterocycles. The Morgan fingerprint density at radius 2 is 2.10 bits per heavy atom. The first-order valence-corrected chi connectivity index (χ1v) is 6.08. The Labute approximate surface area is 116 Å². The van der Waals surface area contributed by atoms with E-state index in [0.717, 1.165) is 0 Å². The zero-order chi connectivity index (χ0) is 14.5. The van der Waals surface area contributed by atoms with Crippen LogP contribution in [0.5, 0.6) is 5.75 Å². The molecule has 104 valence electrons. The Morgan fingerprint density at radius 1 is 1.30 bits per heavy atom. The lowest BCUT2D eigenvalue weighted by molar-refractivity contribution is 0.102. The molecule has 0 atom stereocenters. The molecule has 0 heterocycles. The van der Waals surface area contributed by atoms with Crippen LogP contribution in [0.4, 0.5) is 10.1 Å². The number of rotatable bonds is 4. The van der Waals surface area contributed by atoms with Crippen LogP contribution in [0.3, 0.4) is 0 Å².